The summed E-state index contributed by atoms with van der Waals surface area (Å²) >= 11 is 0. The van der Waals surface area contributed by atoms with Gasteiger partial charge in [0.25, 0.3) is 11.8 Å². The Kier molecular flexibility index (Phi) is 6.79. The van der Waals surface area contributed by atoms with Gasteiger partial charge in [0.2, 0.25) is 0 Å². The summed E-state index contributed by atoms with van der Waals surface area (Å²) in [5, 5.41) is 3.92. The number of nitrogens with zero attached hydrogens (tertiary/aromatic N) is 3. The first-order chi connectivity index (χ1) is 16.0. The van der Waals surface area contributed by atoms with Crippen LogP contribution in [0.25, 0.3) is 17.0 Å². The lowest BCUT2D eigenvalue weighted by atomic mass is 10.1. The average Bonchev–Trinajstić information content (AvgIpc) is 3.21. The highest BCUT2D eigenvalue weighted by Gasteiger charge is 2.25. The van der Waals surface area contributed by atoms with Crippen LogP contribution in [0, 0.1) is 0 Å². The second kappa shape index (κ2) is 9.92. The van der Waals surface area contributed by atoms with Crippen LogP contribution in [0.15, 0.2) is 60.4 Å². The van der Waals surface area contributed by atoms with Crippen molar-refractivity contribution in [1.82, 2.24) is 19.7 Å². The first-order valence-electron chi connectivity index (χ1n) is 11.2. The summed E-state index contributed by atoms with van der Waals surface area (Å²) in [6, 6.07) is 15.1. The maximum atomic E-state index is 13.5. The number of aryl methyl sites for hydroxylation is 1. The van der Waals surface area contributed by atoms with Gasteiger partial charge in [-0.15, -0.1) is 0 Å². The summed E-state index contributed by atoms with van der Waals surface area (Å²) in [6.07, 6.45) is 3.82. The molecule has 1 aliphatic rings. The molecule has 1 aliphatic heterocycles. The van der Waals surface area contributed by atoms with Gasteiger partial charge in [0.05, 0.1) is 12.7 Å². The Morgan fingerprint density at radius 1 is 1.03 bits per heavy atom. The second-order valence-electron chi connectivity index (χ2n) is 8.20. The van der Waals surface area contributed by atoms with Crippen molar-refractivity contribution in [3.63, 3.8) is 0 Å². The zero-order valence-corrected chi connectivity index (χ0v) is 19.4. The van der Waals surface area contributed by atoms with Gasteiger partial charge in [0, 0.05) is 55.4 Å². The Bertz CT molecular complexity index is 1190. The van der Waals surface area contributed by atoms with Gasteiger partial charge in [-0.2, -0.15) is 0 Å². The molecule has 1 saturated heterocycles. The number of benzene rings is 2. The lowest BCUT2D eigenvalue weighted by Crippen LogP contribution is -2.49. The number of rotatable bonds is 6. The number of para-hydroxylation sites is 2. The van der Waals surface area contributed by atoms with E-state index in [9.17, 15) is 9.59 Å². The molecule has 0 saturated carbocycles. The fourth-order valence-corrected chi connectivity index (χ4v) is 4.16. The molecule has 0 bridgehead atoms. The first kappa shape index (κ1) is 22.6. The van der Waals surface area contributed by atoms with E-state index in [0.29, 0.717) is 24.4 Å². The maximum Gasteiger partial charge on any atom is 0.270 e. The van der Waals surface area contributed by atoms with Gasteiger partial charge < -0.3 is 24.4 Å². The van der Waals surface area contributed by atoms with Gasteiger partial charge in [-0.1, -0.05) is 30.3 Å². The van der Waals surface area contributed by atoms with E-state index in [2.05, 4.69) is 27.8 Å². The Morgan fingerprint density at radius 3 is 2.45 bits per heavy atom. The molecule has 172 valence electrons. The van der Waals surface area contributed by atoms with E-state index < -0.39 is 0 Å². The molecular weight excluding hydrogens is 416 g/mol. The number of fused-ring (bicyclic) bond motifs is 1. The van der Waals surface area contributed by atoms with E-state index in [-0.39, 0.29) is 17.5 Å². The number of methoxy groups -OCH3 is 1. The van der Waals surface area contributed by atoms with Crippen molar-refractivity contribution < 1.29 is 14.3 Å². The fourth-order valence-electron chi connectivity index (χ4n) is 4.16. The number of hydrogen-bond donors (Lipinski definition) is 1. The van der Waals surface area contributed by atoms with Gasteiger partial charge in [-0.05, 0) is 38.2 Å². The third-order valence-corrected chi connectivity index (χ3v) is 6.08. The molecule has 4 rings (SSSR count). The van der Waals surface area contributed by atoms with Crippen molar-refractivity contribution in [2.45, 2.75) is 13.5 Å². The van der Waals surface area contributed by atoms with Crippen LogP contribution in [-0.4, -0.2) is 66.5 Å². The Labute approximate surface area is 194 Å². The molecule has 0 unspecified atom stereocenters. The quantitative estimate of drug-likeness (QED) is 0.591. The maximum absolute atomic E-state index is 13.5. The van der Waals surface area contributed by atoms with Crippen LogP contribution in [-0.2, 0) is 11.3 Å². The molecule has 0 radical (unpaired) electrons. The summed E-state index contributed by atoms with van der Waals surface area (Å²) in [6.45, 7) is 5.73. The minimum Gasteiger partial charge on any atom is -0.496 e. The number of ether oxygens (including phenoxy) is 1. The molecule has 2 aromatic carbocycles. The van der Waals surface area contributed by atoms with Gasteiger partial charge in [-0.25, -0.2) is 0 Å². The lowest BCUT2D eigenvalue weighted by molar-refractivity contribution is -0.128. The van der Waals surface area contributed by atoms with E-state index in [0.717, 1.165) is 36.1 Å². The molecule has 0 spiro atoms. The second-order valence-corrected chi connectivity index (χ2v) is 8.20. The first-order valence-corrected chi connectivity index (χ1v) is 11.2. The molecule has 1 fully saturated rings. The van der Waals surface area contributed by atoms with Crippen LogP contribution in [0.4, 0.5) is 0 Å². The van der Waals surface area contributed by atoms with E-state index >= 15 is 0 Å². The minimum absolute atomic E-state index is 0.181. The number of carbonyl (C=O) groups is 2. The van der Waals surface area contributed by atoms with Crippen molar-refractivity contribution in [2.24, 2.45) is 0 Å². The molecule has 0 atom stereocenters. The van der Waals surface area contributed by atoms with Crippen LogP contribution in [0.2, 0.25) is 0 Å². The smallest absolute Gasteiger partial charge is 0.270 e. The lowest BCUT2D eigenvalue weighted by Gasteiger charge is -2.33. The number of likely N-dealkylation sites (N-methyl/N-ethyl adjacent to an activating group) is 1. The minimum atomic E-state index is -0.375. The third-order valence-electron chi connectivity index (χ3n) is 6.08. The predicted octanol–water partition coefficient (Wildman–Crippen LogP) is 3.21. The standard InChI is InChI=1S/C26H30N4O3/c1-4-29-18-19(20-9-5-7-11-23(20)29)17-22(26(32)30-15-13-28(2)14-16-30)27-25(31)21-10-6-8-12-24(21)33-3/h5-12,17-18H,4,13-16H2,1-3H3,(H,27,31). The highest BCUT2D eigenvalue weighted by Crippen LogP contribution is 2.24. The number of carbonyl (C=O) groups excluding carboxylic acids is 2. The summed E-state index contributed by atoms with van der Waals surface area (Å²) in [7, 11) is 3.57. The van der Waals surface area contributed by atoms with E-state index in [1.165, 1.54) is 7.11 Å². The predicted molar refractivity (Wildman–Crippen MR) is 130 cm³/mol. The molecule has 1 aromatic heterocycles. The third kappa shape index (κ3) is 4.78. The number of aromatic nitrogens is 1. The Balaban J connectivity index is 1.73. The Morgan fingerprint density at radius 2 is 1.73 bits per heavy atom. The molecule has 0 aliphatic carbocycles. The average molecular weight is 447 g/mol. The number of nitrogens with one attached hydrogen (secondary N) is 1. The molecule has 3 aromatic rings. The number of piperazine rings is 1. The van der Waals surface area contributed by atoms with Crippen LogP contribution >= 0.6 is 0 Å². The van der Waals surface area contributed by atoms with Crippen molar-refractivity contribution >= 4 is 28.8 Å². The van der Waals surface area contributed by atoms with Crippen LogP contribution in [0.5, 0.6) is 5.75 Å². The number of amides is 2. The van der Waals surface area contributed by atoms with Gasteiger partial charge >= 0.3 is 0 Å². The monoisotopic (exact) mass is 446 g/mol. The zero-order chi connectivity index (χ0) is 23.4. The summed E-state index contributed by atoms with van der Waals surface area (Å²) in [5.74, 6) is -0.0935. The van der Waals surface area contributed by atoms with Crippen LogP contribution in [0.1, 0.15) is 22.8 Å². The van der Waals surface area contributed by atoms with Crippen molar-refractivity contribution in [3.8, 4) is 5.75 Å². The van der Waals surface area contributed by atoms with Crippen molar-refractivity contribution in [1.29, 1.82) is 0 Å². The Hall–Kier alpha value is -3.58. The molecule has 33 heavy (non-hydrogen) atoms. The molecule has 7 heteroatoms. The number of hydrogen-bond acceptors (Lipinski definition) is 4. The van der Waals surface area contributed by atoms with Crippen molar-refractivity contribution in [3.05, 3.63) is 71.6 Å². The summed E-state index contributed by atoms with van der Waals surface area (Å²) < 4.78 is 7.49. The van der Waals surface area contributed by atoms with Gasteiger partial charge in [0.1, 0.15) is 11.4 Å². The molecule has 7 nitrogen and oxygen atoms in total. The summed E-state index contributed by atoms with van der Waals surface area (Å²) in [4.78, 5) is 30.7. The van der Waals surface area contributed by atoms with Crippen LogP contribution in [0.3, 0.4) is 0 Å². The highest BCUT2D eigenvalue weighted by molar-refractivity contribution is 6.07. The topological polar surface area (TPSA) is 66.8 Å². The summed E-state index contributed by atoms with van der Waals surface area (Å²) in [5.41, 5.74) is 2.63. The van der Waals surface area contributed by atoms with Gasteiger partial charge in [-0.3, -0.25) is 9.59 Å². The molecular formula is C26H30N4O3. The van der Waals surface area contributed by atoms with E-state index in [1.54, 1.807) is 35.2 Å². The fraction of sp³-hybridized carbons (Fsp3) is 0.308. The normalized spacial score (nSPS) is 15.0. The molecule has 2 amide bonds. The highest BCUT2D eigenvalue weighted by atomic mass is 16.5. The zero-order valence-electron chi connectivity index (χ0n) is 19.4. The van der Waals surface area contributed by atoms with Gasteiger partial charge in [0.15, 0.2) is 0 Å². The van der Waals surface area contributed by atoms with E-state index in [4.69, 9.17) is 4.74 Å². The van der Waals surface area contributed by atoms with Crippen LogP contribution < -0.4 is 10.1 Å². The molecule has 2 heterocycles. The largest absolute Gasteiger partial charge is 0.496 e. The molecule has 1 N–H and O–H groups in total. The van der Waals surface area contributed by atoms with Crippen molar-refractivity contribution in [2.75, 3.05) is 40.3 Å². The van der Waals surface area contributed by atoms with E-state index in [1.807, 2.05) is 31.4 Å². The SMILES string of the molecule is CCn1cc(C=C(NC(=O)c2ccccc2OC)C(=O)N2CCN(C)CC2)c2ccccc21.